The Hall–Kier alpha value is -0.750. The van der Waals surface area contributed by atoms with Crippen LogP contribution >= 0.6 is 0 Å². The topological polar surface area (TPSA) is 49.7 Å². The zero-order valence-electron chi connectivity index (χ0n) is 10.1. The summed E-state index contributed by atoms with van der Waals surface area (Å²) in [6.45, 7) is -0.112. The molecule has 3 nitrogen and oxygen atoms in total. The molecule has 0 spiro atoms. The first-order valence-electron chi connectivity index (χ1n) is 5.22. The molecule has 1 rings (SSSR count). The first-order chi connectivity index (χ1) is 8.87. The summed E-state index contributed by atoms with van der Waals surface area (Å²) in [6, 6.07) is 0. The molecule has 1 aliphatic heterocycles. The summed E-state index contributed by atoms with van der Waals surface area (Å²) >= 11 is 0. The van der Waals surface area contributed by atoms with Crippen molar-refractivity contribution in [3.63, 3.8) is 0 Å². The molecule has 0 bridgehead atoms. The van der Waals surface area contributed by atoms with E-state index in [1.165, 1.54) is 0 Å². The molecule has 0 saturated carbocycles. The standard InChI is InChI=1S/C9H9F9O3/c1-4(7(10,11)12)2-5(19,8(13,14)15)3-6(20,21-4)9(16,17)18/h19-20H,2-3H2,1H3/t4-,5+,6+/m1/s1. The molecule has 12 heteroatoms. The fourth-order valence-corrected chi connectivity index (χ4v) is 1.98. The highest BCUT2D eigenvalue weighted by Gasteiger charge is 2.75. The fourth-order valence-electron chi connectivity index (χ4n) is 1.98. The average Bonchev–Trinajstić information content (AvgIpc) is 2.09. The molecule has 1 heterocycles. The number of hydrogen-bond donors (Lipinski definition) is 2. The summed E-state index contributed by atoms with van der Waals surface area (Å²) < 4.78 is 117. The van der Waals surface area contributed by atoms with Crippen LogP contribution in [-0.4, -0.2) is 45.7 Å². The largest absolute Gasteiger partial charge is 0.443 e. The lowest BCUT2D eigenvalue weighted by Gasteiger charge is -2.51. The number of hydrogen-bond acceptors (Lipinski definition) is 3. The monoisotopic (exact) mass is 336 g/mol. The van der Waals surface area contributed by atoms with Crippen molar-refractivity contribution in [3.8, 4) is 0 Å². The van der Waals surface area contributed by atoms with E-state index in [0.717, 1.165) is 0 Å². The Bertz CT molecular complexity index is 340. The van der Waals surface area contributed by atoms with Crippen molar-refractivity contribution in [2.45, 2.75) is 55.3 Å². The maximum absolute atomic E-state index is 12.7. The minimum atomic E-state index is -5.97. The number of alkyl halides is 9. The summed E-state index contributed by atoms with van der Waals surface area (Å²) in [6.07, 6.45) is -22.2. The summed E-state index contributed by atoms with van der Waals surface area (Å²) in [7, 11) is 0. The first kappa shape index (κ1) is 18.3. The van der Waals surface area contributed by atoms with E-state index in [-0.39, 0.29) is 6.92 Å². The molecule has 21 heavy (non-hydrogen) atoms. The lowest BCUT2D eigenvalue weighted by atomic mass is 9.78. The number of halogens is 9. The van der Waals surface area contributed by atoms with Crippen LogP contribution in [0.1, 0.15) is 19.8 Å². The van der Waals surface area contributed by atoms with Crippen molar-refractivity contribution in [1.29, 1.82) is 0 Å². The minimum Gasteiger partial charge on any atom is -0.380 e. The Morgan fingerprint density at radius 1 is 0.762 bits per heavy atom. The molecule has 0 aromatic carbocycles. The molecule has 0 aromatic rings. The molecule has 1 fully saturated rings. The van der Waals surface area contributed by atoms with Gasteiger partial charge in [0, 0.05) is 12.8 Å². The van der Waals surface area contributed by atoms with Gasteiger partial charge in [-0.15, -0.1) is 0 Å². The van der Waals surface area contributed by atoms with E-state index in [4.69, 9.17) is 5.11 Å². The van der Waals surface area contributed by atoms with Crippen LogP contribution in [0.2, 0.25) is 0 Å². The molecule has 0 aliphatic carbocycles. The second-order valence-electron chi connectivity index (χ2n) is 5.00. The Balaban J connectivity index is 3.44. The number of aliphatic hydroxyl groups is 2. The maximum atomic E-state index is 12.7. The molecule has 1 aliphatic rings. The van der Waals surface area contributed by atoms with Crippen LogP contribution < -0.4 is 0 Å². The van der Waals surface area contributed by atoms with E-state index >= 15 is 0 Å². The van der Waals surface area contributed by atoms with E-state index in [2.05, 4.69) is 4.74 Å². The van der Waals surface area contributed by atoms with Gasteiger partial charge in [-0.2, -0.15) is 39.5 Å². The summed E-state index contributed by atoms with van der Waals surface area (Å²) in [5, 5.41) is 18.3. The van der Waals surface area contributed by atoms with Crippen molar-refractivity contribution in [1.82, 2.24) is 0 Å². The van der Waals surface area contributed by atoms with Crippen molar-refractivity contribution in [2.24, 2.45) is 0 Å². The number of rotatable bonds is 0. The molecule has 0 radical (unpaired) electrons. The van der Waals surface area contributed by atoms with Gasteiger partial charge < -0.3 is 14.9 Å². The molecule has 0 amide bonds. The van der Waals surface area contributed by atoms with E-state index < -0.39 is 48.4 Å². The molecular formula is C9H9F9O3. The van der Waals surface area contributed by atoms with Gasteiger partial charge >= 0.3 is 18.5 Å². The molecule has 3 atom stereocenters. The smallest absolute Gasteiger partial charge is 0.380 e. The average molecular weight is 336 g/mol. The van der Waals surface area contributed by atoms with E-state index in [1.54, 1.807) is 0 Å². The number of ether oxygens (including phenoxy) is 1. The van der Waals surface area contributed by atoms with Crippen LogP contribution in [0.5, 0.6) is 0 Å². The third-order valence-corrected chi connectivity index (χ3v) is 3.13. The van der Waals surface area contributed by atoms with Gasteiger partial charge in [0.05, 0.1) is 0 Å². The maximum Gasteiger partial charge on any atom is 0.443 e. The molecular weight excluding hydrogens is 327 g/mol. The van der Waals surface area contributed by atoms with Crippen LogP contribution in [-0.2, 0) is 4.74 Å². The highest BCUT2D eigenvalue weighted by molar-refractivity contribution is 5.06. The van der Waals surface area contributed by atoms with Gasteiger partial charge in [0.15, 0.2) is 11.2 Å². The first-order valence-corrected chi connectivity index (χ1v) is 5.22. The molecule has 126 valence electrons. The van der Waals surface area contributed by atoms with Crippen LogP contribution in [0.3, 0.4) is 0 Å². The Morgan fingerprint density at radius 3 is 1.48 bits per heavy atom. The van der Waals surface area contributed by atoms with Crippen LogP contribution in [0.15, 0.2) is 0 Å². The van der Waals surface area contributed by atoms with Crippen LogP contribution in [0, 0.1) is 0 Å². The molecule has 1 saturated heterocycles. The summed E-state index contributed by atoms with van der Waals surface area (Å²) in [5.41, 5.74) is -8.46. The molecule has 0 unspecified atom stereocenters. The van der Waals surface area contributed by atoms with Gasteiger partial charge in [0.2, 0.25) is 0 Å². The van der Waals surface area contributed by atoms with Crippen LogP contribution in [0.4, 0.5) is 39.5 Å². The van der Waals surface area contributed by atoms with Crippen LogP contribution in [0.25, 0.3) is 0 Å². The quantitative estimate of drug-likeness (QED) is 0.669. The van der Waals surface area contributed by atoms with Gasteiger partial charge in [0.25, 0.3) is 5.79 Å². The van der Waals surface area contributed by atoms with Crippen molar-refractivity contribution < 1.29 is 54.5 Å². The summed E-state index contributed by atoms with van der Waals surface area (Å²) in [5.74, 6) is -4.79. The second kappa shape index (κ2) is 4.38. The Labute approximate surface area is 111 Å². The van der Waals surface area contributed by atoms with Gasteiger partial charge in [-0.3, -0.25) is 0 Å². The van der Waals surface area contributed by atoms with Gasteiger partial charge in [-0.25, -0.2) is 0 Å². The zero-order valence-corrected chi connectivity index (χ0v) is 10.1. The Kier molecular flexibility index (Phi) is 3.82. The summed E-state index contributed by atoms with van der Waals surface area (Å²) in [4.78, 5) is 0. The van der Waals surface area contributed by atoms with E-state index in [1.807, 2.05) is 0 Å². The van der Waals surface area contributed by atoms with Gasteiger partial charge in [-0.1, -0.05) is 0 Å². The lowest BCUT2D eigenvalue weighted by molar-refractivity contribution is -0.470. The predicted molar refractivity (Wildman–Crippen MR) is 46.8 cm³/mol. The van der Waals surface area contributed by atoms with E-state index in [9.17, 15) is 44.6 Å². The van der Waals surface area contributed by atoms with Gasteiger partial charge in [0.1, 0.15) is 0 Å². The van der Waals surface area contributed by atoms with E-state index in [0.29, 0.717) is 0 Å². The Morgan fingerprint density at radius 2 is 1.19 bits per heavy atom. The lowest BCUT2D eigenvalue weighted by Crippen LogP contribution is -2.70. The van der Waals surface area contributed by atoms with Crippen molar-refractivity contribution >= 4 is 0 Å². The molecule has 0 aromatic heterocycles. The SMILES string of the molecule is C[C@]1(C(F)(F)F)C[C@@](O)(C(F)(F)F)C[C@@](O)(C(F)(F)F)O1. The fraction of sp³-hybridized carbons (Fsp3) is 1.00. The predicted octanol–water partition coefficient (Wildman–Crippen LogP) is 2.66. The highest BCUT2D eigenvalue weighted by atomic mass is 19.4. The molecule has 2 N–H and O–H groups in total. The second-order valence-corrected chi connectivity index (χ2v) is 5.00. The highest BCUT2D eigenvalue weighted by Crippen LogP contribution is 2.56. The third-order valence-electron chi connectivity index (χ3n) is 3.13. The van der Waals surface area contributed by atoms with Crippen molar-refractivity contribution in [3.05, 3.63) is 0 Å². The minimum absolute atomic E-state index is 0.112. The zero-order chi connectivity index (χ0) is 17.1. The van der Waals surface area contributed by atoms with Gasteiger partial charge in [-0.05, 0) is 6.92 Å². The third kappa shape index (κ3) is 2.93. The normalized spacial score (nSPS) is 39.4. The van der Waals surface area contributed by atoms with Crippen molar-refractivity contribution in [2.75, 3.05) is 0 Å².